The molecule has 0 heterocycles. The normalized spacial score (nSPS) is 9.61. The van der Waals surface area contributed by atoms with Crippen LogP contribution >= 0.6 is 0 Å². The van der Waals surface area contributed by atoms with E-state index in [0.29, 0.717) is 11.3 Å². The SMILES string of the molecule is Cc1cc(NC(=O)NCC(=O)O)ccc1[N+](=O)[O-]. The molecule has 0 radical (unpaired) electrons. The maximum Gasteiger partial charge on any atom is 0.323 e. The number of aliphatic carboxylic acids is 1. The van der Waals surface area contributed by atoms with Crippen molar-refractivity contribution in [2.75, 3.05) is 11.9 Å². The molecule has 0 bridgehead atoms. The largest absolute Gasteiger partial charge is 0.480 e. The van der Waals surface area contributed by atoms with Crippen molar-refractivity contribution in [2.45, 2.75) is 6.92 Å². The van der Waals surface area contributed by atoms with Crippen molar-refractivity contribution < 1.29 is 19.6 Å². The number of anilines is 1. The maximum atomic E-state index is 11.2. The molecule has 18 heavy (non-hydrogen) atoms. The fourth-order valence-corrected chi connectivity index (χ4v) is 1.27. The van der Waals surface area contributed by atoms with Gasteiger partial charge in [-0.25, -0.2) is 4.79 Å². The molecule has 0 aliphatic rings. The summed E-state index contributed by atoms with van der Waals surface area (Å²) in [7, 11) is 0. The lowest BCUT2D eigenvalue weighted by Gasteiger charge is -2.06. The lowest BCUT2D eigenvalue weighted by atomic mass is 10.2. The third-order valence-corrected chi connectivity index (χ3v) is 2.05. The summed E-state index contributed by atoms with van der Waals surface area (Å²) in [6.45, 7) is 1.04. The first-order chi connectivity index (χ1) is 8.40. The van der Waals surface area contributed by atoms with E-state index in [1.807, 2.05) is 0 Å². The first-order valence-electron chi connectivity index (χ1n) is 4.92. The molecule has 8 heteroatoms. The molecule has 0 unspecified atom stereocenters. The van der Waals surface area contributed by atoms with Crippen LogP contribution in [0.2, 0.25) is 0 Å². The lowest BCUT2D eigenvalue weighted by molar-refractivity contribution is -0.385. The zero-order valence-electron chi connectivity index (χ0n) is 9.47. The first kappa shape index (κ1) is 13.4. The lowest BCUT2D eigenvalue weighted by Crippen LogP contribution is -2.33. The molecule has 0 aromatic heterocycles. The number of benzene rings is 1. The molecule has 1 rings (SSSR count). The smallest absolute Gasteiger partial charge is 0.323 e. The van der Waals surface area contributed by atoms with E-state index in [1.165, 1.54) is 18.2 Å². The summed E-state index contributed by atoms with van der Waals surface area (Å²) in [4.78, 5) is 31.5. The summed E-state index contributed by atoms with van der Waals surface area (Å²) < 4.78 is 0. The summed E-state index contributed by atoms with van der Waals surface area (Å²) in [5.41, 5.74) is 0.698. The number of nitro groups is 1. The van der Waals surface area contributed by atoms with Gasteiger partial charge in [0.25, 0.3) is 5.69 Å². The van der Waals surface area contributed by atoms with E-state index >= 15 is 0 Å². The highest BCUT2D eigenvalue weighted by Crippen LogP contribution is 2.21. The van der Waals surface area contributed by atoms with Gasteiger partial charge in [0, 0.05) is 17.3 Å². The zero-order valence-corrected chi connectivity index (χ0v) is 9.47. The van der Waals surface area contributed by atoms with Crippen LogP contribution < -0.4 is 10.6 Å². The Bertz CT molecular complexity index is 500. The van der Waals surface area contributed by atoms with Crippen LogP contribution in [0.1, 0.15) is 5.56 Å². The highest BCUT2D eigenvalue weighted by Gasteiger charge is 2.11. The second-order valence-corrected chi connectivity index (χ2v) is 3.46. The number of rotatable bonds is 4. The number of hydrogen-bond acceptors (Lipinski definition) is 4. The number of nitrogens with zero attached hydrogens (tertiary/aromatic N) is 1. The van der Waals surface area contributed by atoms with E-state index in [-0.39, 0.29) is 5.69 Å². The van der Waals surface area contributed by atoms with E-state index < -0.39 is 23.5 Å². The van der Waals surface area contributed by atoms with Gasteiger partial charge in [0.2, 0.25) is 0 Å². The Hall–Kier alpha value is -2.64. The van der Waals surface area contributed by atoms with Crippen LogP contribution in [0.4, 0.5) is 16.2 Å². The average molecular weight is 253 g/mol. The Kier molecular flexibility index (Phi) is 4.19. The van der Waals surface area contributed by atoms with Crippen molar-refractivity contribution in [3.8, 4) is 0 Å². The molecule has 0 atom stereocenters. The van der Waals surface area contributed by atoms with Crippen molar-refractivity contribution in [3.05, 3.63) is 33.9 Å². The minimum atomic E-state index is -1.16. The maximum absolute atomic E-state index is 11.2. The van der Waals surface area contributed by atoms with Crippen LogP contribution in [-0.4, -0.2) is 28.6 Å². The number of nitrogens with one attached hydrogen (secondary N) is 2. The van der Waals surface area contributed by atoms with Gasteiger partial charge in [0.05, 0.1) is 4.92 Å². The molecule has 3 N–H and O–H groups in total. The average Bonchev–Trinajstić information content (AvgIpc) is 2.26. The minimum absolute atomic E-state index is 0.0495. The van der Waals surface area contributed by atoms with Crippen LogP contribution in [0.5, 0.6) is 0 Å². The predicted molar refractivity (Wildman–Crippen MR) is 62.5 cm³/mol. The molecule has 8 nitrogen and oxygen atoms in total. The summed E-state index contributed by atoms with van der Waals surface area (Å²) >= 11 is 0. The van der Waals surface area contributed by atoms with Gasteiger partial charge in [-0.05, 0) is 19.1 Å². The number of amides is 2. The molecule has 0 saturated carbocycles. The number of urea groups is 1. The number of carbonyl (C=O) groups is 2. The fraction of sp³-hybridized carbons (Fsp3) is 0.200. The van der Waals surface area contributed by atoms with Gasteiger partial charge in [0.1, 0.15) is 6.54 Å². The molecule has 96 valence electrons. The molecule has 0 saturated heterocycles. The summed E-state index contributed by atoms with van der Waals surface area (Å²) in [5.74, 6) is -1.16. The number of nitro benzene ring substituents is 1. The summed E-state index contributed by atoms with van der Waals surface area (Å²) in [6.07, 6.45) is 0. The Morgan fingerprint density at radius 1 is 1.44 bits per heavy atom. The highest BCUT2D eigenvalue weighted by molar-refractivity contribution is 5.91. The van der Waals surface area contributed by atoms with Gasteiger partial charge >= 0.3 is 12.0 Å². The monoisotopic (exact) mass is 253 g/mol. The molecular formula is C10H11N3O5. The van der Waals surface area contributed by atoms with Crippen LogP contribution in [0.3, 0.4) is 0 Å². The van der Waals surface area contributed by atoms with Crippen molar-refractivity contribution in [3.63, 3.8) is 0 Å². The van der Waals surface area contributed by atoms with Crippen molar-refractivity contribution in [1.29, 1.82) is 0 Å². The highest BCUT2D eigenvalue weighted by atomic mass is 16.6. The van der Waals surface area contributed by atoms with Gasteiger partial charge in [0.15, 0.2) is 0 Å². The first-order valence-corrected chi connectivity index (χ1v) is 4.92. The van der Waals surface area contributed by atoms with E-state index in [0.717, 1.165) is 0 Å². The van der Waals surface area contributed by atoms with Crippen molar-refractivity contribution in [1.82, 2.24) is 5.32 Å². The quantitative estimate of drug-likeness (QED) is 0.548. The minimum Gasteiger partial charge on any atom is -0.480 e. The topological polar surface area (TPSA) is 122 Å². The third kappa shape index (κ3) is 3.74. The van der Waals surface area contributed by atoms with Gasteiger partial charge in [-0.1, -0.05) is 0 Å². The molecule has 0 spiro atoms. The van der Waals surface area contributed by atoms with E-state index in [1.54, 1.807) is 6.92 Å². The number of aryl methyl sites for hydroxylation is 1. The number of carboxylic acid groups (broad SMARTS) is 1. The fourth-order valence-electron chi connectivity index (χ4n) is 1.27. The predicted octanol–water partition coefficient (Wildman–Crippen LogP) is 1.11. The van der Waals surface area contributed by atoms with E-state index in [2.05, 4.69) is 10.6 Å². The Balaban J connectivity index is 2.69. The van der Waals surface area contributed by atoms with Crippen LogP contribution in [0, 0.1) is 17.0 Å². The third-order valence-electron chi connectivity index (χ3n) is 2.05. The van der Waals surface area contributed by atoms with Crippen LogP contribution in [-0.2, 0) is 4.79 Å². The van der Waals surface area contributed by atoms with Crippen molar-refractivity contribution in [2.24, 2.45) is 0 Å². The number of carbonyl (C=O) groups excluding carboxylic acids is 1. The van der Waals surface area contributed by atoms with Gasteiger partial charge < -0.3 is 15.7 Å². The molecule has 1 aromatic rings. The van der Waals surface area contributed by atoms with E-state index in [9.17, 15) is 19.7 Å². The second kappa shape index (κ2) is 5.62. The van der Waals surface area contributed by atoms with Crippen LogP contribution in [0.25, 0.3) is 0 Å². The van der Waals surface area contributed by atoms with Gasteiger partial charge in [-0.15, -0.1) is 0 Å². The number of carboxylic acids is 1. The zero-order chi connectivity index (χ0) is 13.7. The van der Waals surface area contributed by atoms with E-state index in [4.69, 9.17) is 5.11 Å². The molecule has 0 aliphatic carbocycles. The molecule has 1 aromatic carbocycles. The number of hydrogen-bond donors (Lipinski definition) is 3. The van der Waals surface area contributed by atoms with Crippen LogP contribution in [0.15, 0.2) is 18.2 Å². The molecule has 2 amide bonds. The van der Waals surface area contributed by atoms with Gasteiger partial charge in [-0.3, -0.25) is 14.9 Å². The molecule has 0 aliphatic heterocycles. The summed E-state index contributed by atoms with van der Waals surface area (Å²) in [5, 5.41) is 23.4. The second-order valence-electron chi connectivity index (χ2n) is 3.46. The summed E-state index contributed by atoms with van der Waals surface area (Å²) in [6, 6.07) is 3.37. The standard InChI is InChI=1S/C10H11N3O5/c1-6-4-7(2-3-8(6)13(17)18)12-10(16)11-5-9(14)15/h2-4H,5H2,1H3,(H,14,15)(H2,11,12,16). The Labute approximate surface area is 102 Å². The van der Waals surface area contributed by atoms with Gasteiger partial charge in [-0.2, -0.15) is 0 Å². The Morgan fingerprint density at radius 2 is 2.11 bits per heavy atom. The molecular weight excluding hydrogens is 242 g/mol. The molecule has 0 fully saturated rings. The Morgan fingerprint density at radius 3 is 2.61 bits per heavy atom. The van der Waals surface area contributed by atoms with Crippen molar-refractivity contribution >= 4 is 23.4 Å².